The number of carbonyl (C=O) groups is 1. The van der Waals surface area contributed by atoms with Gasteiger partial charge < -0.3 is 4.90 Å². The van der Waals surface area contributed by atoms with Crippen molar-refractivity contribution in [3.63, 3.8) is 0 Å². The largest absolute Gasteiger partial charge is 0.342 e. The van der Waals surface area contributed by atoms with Crippen LogP contribution in [0.4, 0.5) is 4.39 Å². The molecule has 2 aliphatic rings. The Kier molecular flexibility index (Phi) is 4.53. The molecule has 2 saturated heterocycles. The van der Waals surface area contributed by atoms with E-state index in [2.05, 4.69) is 0 Å². The summed E-state index contributed by atoms with van der Waals surface area (Å²) in [5.41, 5.74) is 2.03. The van der Waals surface area contributed by atoms with Gasteiger partial charge in [0, 0.05) is 13.1 Å². The van der Waals surface area contributed by atoms with Crippen molar-refractivity contribution < 1.29 is 17.6 Å². The lowest BCUT2D eigenvalue weighted by Gasteiger charge is -2.30. The van der Waals surface area contributed by atoms with Crippen molar-refractivity contribution in [2.24, 2.45) is 5.92 Å². The van der Waals surface area contributed by atoms with Gasteiger partial charge in [0.05, 0.1) is 17.4 Å². The quantitative estimate of drug-likeness (QED) is 0.832. The van der Waals surface area contributed by atoms with Gasteiger partial charge in [0.25, 0.3) is 0 Å². The number of hydrogen-bond donors (Lipinski definition) is 0. The fourth-order valence-electron chi connectivity index (χ4n) is 3.24. The molecule has 1 aromatic rings. The number of likely N-dealkylation sites (tertiary alicyclic amines) is 1. The van der Waals surface area contributed by atoms with Gasteiger partial charge in [-0.1, -0.05) is 23.8 Å². The van der Waals surface area contributed by atoms with E-state index in [1.165, 1.54) is 17.7 Å². The van der Waals surface area contributed by atoms with Gasteiger partial charge in [-0.3, -0.25) is 4.79 Å². The van der Waals surface area contributed by atoms with Gasteiger partial charge in [-0.25, -0.2) is 12.8 Å². The smallest absolute Gasteiger partial charge is 0.226 e. The average molecular weight is 337 g/mol. The fourth-order valence-corrected chi connectivity index (χ4v) is 4.97. The van der Waals surface area contributed by atoms with Crippen LogP contribution in [0.2, 0.25) is 0 Å². The van der Waals surface area contributed by atoms with Crippen LogP contribution in [0.3, 0.4) is 0 Å². The second-order valence-corrected chi connectivity index (χ2v) is 8.51. The van der Waals surface area contributed by atoms with Gasteiger partial charge in [-0.2, -0.15) is 0 Å². The Morgan fingerprint density at radius 1 is 1.26 bits per heavy atom. The van der Waals surface area contributed by atoms with E-state index in [-0.39, 0.29) is 29.1 Å². The van der Waals surface area contributed by atoms with Crippen LogP contribution in [0, 0.1) is 11.7 Å². The molecular weight excluding hydrogens is 317 g/mol. The molecule has 1 aromatic carbocycles. The highest BCUT2D eigenvalue weighted by Gasteiger charge is 2.35. The maximum Gasteiger partial charge on any atom is 0.226 e. The first-order chi connectivity index (χ1) is 10.9. The molecule has 0 aliphatic carbocycles. The molecule has 2 heterocycles. The molecule has 6 heteroatoms. The molecule has 124 valence electrons. The van der Waals surface area contributed by atoms with Crippen LogP contribution < -0.4 is 0 Å². The summed E-state index contributed by atoms with van der Waals surface area (Å²) in [6, 6.07) is 6.45. The maximum absolute atomic E-state index is 13.2. The number of nitrogens with zero attached hydrogens (tertiary/aromatic N) is 1. The van der Waals surface area contributed by atoms with Gasteiger partial charge in [0.15, 0.2) is 9.84 Å². The summed E-state index contributed by atoms with van der Waals surface area (Å²) >= 11 is 0. The molecule has 3 rings (SSSR count). The van der Waals surface area contributed by atoms with E-state index in [1.54, 1.807) is 11.0 Å². The number of amides is 1. The van der Waals surface area contributed by atoms with Crippen molar-refractivity contribution in [1.29, 1.82) is 0 Å². The van der Waals surface area contributed by atoms with Crippen LogP contribution >= 0.6 is 0 Å². The first-order valence-corrected chi connectivity index (χ1v) is 9.69. The number of sulfone groups is 1. The Morgan fingerprint density at radius 2 is 2.00 bits per heavy atom. The van der Waals surface area contributed by atoms with Gasteiger partial charge in [-0.15, -0.1) is 0 Å². The number of piperidine rings is 1. The average Bonchev–Trinajstić information content (AvgIpc) is 2.87. The summed E-state index contributed by atoms with van der Waals surface area (Å²) in [5, 5.41) is 0. The van der Waals surface area contributed by atoms with E-state index in [9.17, 15) is 17.6 Å². The predicted octanol–water partition coefficient (Wildman–Crippen LogP) is 2.27. The zero-order valence-electron chi connectivity index (χ0n) is 12.9. The number of benzene rings is 1. The highest BCUT2D eigenvalue weighted by atomic mass is 32.2. The molecule has 0 spiro atoms. The highest BCUT2D eigenvalue weighted by Crippen LogP contribution is 2.25. The van der Waals surface area contributed by atoms with Gasteiger partial charge in [-0.05, 0) is 37.0 Å². The second kappa shape index (κ2) is 6.43. The molecule has 0 aromatic heterocycles. The minimum atomic E-state index is -3.03. The molecule has 0 N–H and O–H groups in total. The first kappa shape index (κ1) is 16.2. The van der Waals surface area contributed by atoms with E-state index in [0.29, 0.717) is 19.5 Å². The summed E-state index contributed by atoms with van der Waals surface area (Å²) in [4.78, 5) is 14.2. The Labute approximate surface area is 135 Å². The molecule has 0 unspecified atom stereocenters. The van der Waals surface area contributed by atoms with Crippen molar-refractivity contribution in [3.05, 3.63) is 41.2 Å². The number of hydrogen-bond acceptors (Lipinski definition) is 3. The van der Waals surface area contributed by atoms with Crippen molar-refractivity contribution in [2.45, 2.75) is 19.3 Å². The van der Waals surface area contributed by atoms with Crippen LogP contribution in [0.1, 0.15) is 24.8 Å². The summed E-state index contributed by atoms with van der Waals surface area (Å²) in [5.74, 6) is -0.532. The standard InChI is InChI=1S/C17H20FNO3S/c18-16-3-1-2-14(11-16)10-13-4-7-19(8-5-13)17(20)15-6-9-23(21,22)12-15/h1-3,10-11,15H,4-9,12H2/t15-/m1/s1. The zero-order chi connectivity index (χ0) is 16.4. The van der Waals surface area contributed by atoms with E-state index < -0.39 is 9.84 Å². The first-order valence-electron chi connectivity index (χ1n) is 7.87. The fraction of sp³-hybridized carbons (Fsp3) is 0.471. The molecule has 1 amide bonds. The monoisotopic (exact) mass is 337 g/mol. The Morgan fingerprint density at radius 3 is 2.61 bits per heavy atom. The van der Waals surface area contributed by atoms with E-state index >= 15 is 0 Å². The Balaban J connectivity index is 1.59. The highest BCUT2D eigenvalue weighted by molar-refractivity contribution is 7.91. The van der Waals surface area contributed by atoms with Crippen LogP contribution in [0.25, 0.3) is 6.08 Å². The molecule has 0 bridgehead atoms. The normalized spacial score (nSPS) is 23.8. The van der Waals surface area contributed by atoms with E-state index in [4.69, 9.17) is 0 Å². The Hall–Kier alpha value is -1.69. The summed E-state index contributed by atoms with van der Waals surface area (Å²) in [6.07, 6.45) is 3.93. The lowest BCUT2D eigenvalue weighted by Crippen LogP contribution is -2.40. The molecule has 0 saturated carbocycles. The topological polar surface area (TPSA) is 54.5 Å². The molecule has 2 fully saturated rings. The number of halogens is 1. The van der Waals surface area contributed by atoms with Crippen LogP contribution in [-0.4, -0.2) is 43.8 Å². The molecule has 0 radical (unpaired) electrons. The molecular formula is C17H20FNO3S. The minimum absolute atomic E-state index is 0.00563. The summed E-state index contributed by atoms with van der Waals surface area (Å²) in [6.45, 7) is 1.22. The van der Waals surface area contributed by atoms with E-state index in [1.807, 2.05) is 12.1 Å². The zero-order valence-corrected chi connectivity index (χ0v) is 13.7. The SMILES string of the molecule is O=C([C@@H]1CCS(=O)(=O)C1)N1CCC(=Cc2cccc(F)c2)CC1. The third-order valence-corrected chi connectivity index (χ3v) is 6.29. The predicted molar refractivity (Wildman–Crippen MR) is 87.0 cm³/mol. The molecule has 4 nitrogen and oxygen atoms in total. The lowest BCUT2D eigenvalue weighted by atomic mass is 9.99. The van der Waals surface area contributed by atoms with Gasteiger partial charge >= 0.3 is 0 Å². The third kappa shape index (κ3) is 3.99. The lowest BCUT2D eigenvalue weighted by molar-refractivity contribution is -0.135. The van der Waals surface area contributed by atoms with Crippen LogP contribution in [0.5, 0.6) is 0 Å². The molecule has 2 aliphatic heterocycles. The Bertz CT molecular complexity index is 732. The number of carbonyl (C=O) groups excluding carboxylic acids is 1. The van der Waals surface area contributed by atoms with Crippen LogP contribution in [-0.2, 0) is 14.6 Å². The maximum atomic E-state index is 13.2. The molecule has 1 atom stereocenters. The van der Waals surface area contributed by atoms with Gasteiger partial charge in [0.1, 0.15) is 5.82 Å². The van der Waals surface area contributed by atoms with Crippen molar-refractivity contribution in [1.82, 2.24) is 4.90 Å². The molecule has 23 heavy (non-hydrogen) atoms. The third-order valence-electron chi connectivity index (χ3n) is 4.52. The van der Waals surface area contributed by atoms with Crippen molar-refractivity contribution >= 4 is 21.8 Å². The number of rotatable bonds is 2. The minimum Gasteiger partial charge on any atom is -0.342 e. The van der Waals surface area contributed by atoms with Crippen LogP contribution in [0.15, 0.2) is 29.8 Å². The van der Waals surface area contributed by atoms with Gasteiger partial charge in [0.2, 0.25) is 5.91 Å². The van der Waals surface area contributed by atoms with E-state index in [0.717, 1.165) is 18.4 Å². The van der Waals surface area contributed by atoms with Crippen molar-refractivity contribution in [2.75, 3.05) is 24.6 Å². The summed E-state index contributed by atoms with van der Waals surface area (Å²) < 4.78 is 36.2. The van der Waals surface area contributed by atoms with Crippen molar-refractivity contribution in [3.8, 4) is 0 Å². The second-order valence-electron chi connectivity index (χ2n) is 6.28. The summed E-state index contributed by atoms with van der Waals surface area (Å²) in [7, 11) is -3.03.